The predicted octanol–water partition coefficient (Wildman–Crippen LogP) is 8.22. The fraction of sp³-hybridized carbons (Fsp3) is 0.0400. The first-order valence-corrected chi connectivity index (χ1v) is 11.0. The monoisotopic (exact) mass is 500 g/mol. The summed E-state index contributed by atoms with van der Waals surface area (Å²) in [5.41, 5.74) is -0.00512. The van der Waals surface area contributed by atoms with Gasteiger partial charge in [0.15, 0.2) is 5.78 Å². The van der Waals surface area contributed by atoms with E-state index in [0.29, 0.717) is 5.56 Å². The Balaban J connectivity index is 1.86. The highest BCUT2D eigenvalue weighted by Gasteiger charge is 2.31. The number of carbonyl (C=O) groups is 2. The molecule has 0 aliphatic heterocycles. The Kier molecular flexibility index (Phi) is 5.18. The van der Waals surface area contributed by atoms with Crippen LogP contribution < -0.4 is 0 Å². The Morgan fingerprint density at radius 2 is 1.19 bits per heavy atom. The van der Waals surface area contributed by atoms with Gasteiger partial charge in [0, 0.05) is 5.56 Å². The van der Waals surface area contributed by atoms with Gasteiger partial charge in [-0.15, -0.1) is 0 Å². The van der Waals surface area contributed by atoms with Crippen LogP contribution in [-0.2, 0) is 4.74 Å². The third-order valence-electron chi connectivity index (χ3n) is 5.66. The second-order valence-corrected chi connectivity index (χ2v) is 8.81. The average molecular weight is 502 g/mol. The van der Waals surface area contributed by atoms with Crippen LogP contribution in [0.1, 0.15) is 26.3 Å². The van der Waals surface area contributed by atoms with E-state index in [1.807, 2.05) is 42.5 Å². The molecular weight excluding hydrogens is 490 g/mol. The summed E-state index contributed by atoms with van der Waals surface area (Å²) in [7, 11) is 1.18. The Hall–Kier alpha value is -2.56. The average Bonchev–Trinajstić information content (AvgIpc) is 2.82. The van der Waals surface area contributed by atoms with E-state index in [4.69, 9.17) is 51.1 Å². The van der Waals surface area contributed by atoms with Crippen LogP contribution in [0, 0.1) is 0 Å². The van der Waals surface area contributed by atoms with Gasteiger partial charge in [-0.25, -0.2) is 4.79 Å². The van der Waals surface area contributed by atoms with Gasteiger partial charge < -0.3 is 4.74 Å². The SMILES string of the molecule is COC(=O)c1c(Cl)c(Cl)c(Cl)c(Cl)c1C(=O)c1ccc2ccc3cccc4ccc1c2c34. The summed E-state index contributed by atoms with van der Waals surface area (Å²) in [6, 6.07) is 17.5. The number of benzene rings is 5. The first kappa shape index (κ1) is 21.3. The third kappa shape index (κ3) is 2.96. The second kappa shape index (κ2) is 7.79. The topological polar surface area (TPSA) is 43.4 Å². The number of halogens is 4. The molecule has 5 rings (SSSR count). The zero-order chi connectivity index (χ0) is 22.7. The lowest BCUT2D eigenvalue weighted by Crippen LogP contribution is -2.14. The Labute approximate surface area is 202 Å². The molecule has 0 bridgehead atoms. The summed E-state index contributed by atoms with van der Waals surface area (Å²) in [5, 5.41) is 5.30. The van der Waals surface area contributed by atoms with Crippen LogP contribution in [0.25, 0.3) is 32.3 Å². The van der Waals surface area contributed by atoms with E-state index in [1.165, 1.54) is 7.11 Å². The molecule has 5 aromatic carbocycles. The molecule has 0 aliphatic rings. The largest absolute Gasteiger partial charge is 0.465 e. The lowest BCUT2D eigenvalue weighted by atomic mass is 9.89. The second-order valence-electron chi connectivity index (χ2n) is 7.30. The van der Waals surface area contributed by atoms with Crippen LogP contribution in [0.4, 0.5) is 0 Å². The minimum atomic E-state index is -0.837. The molecule has 0 saturated carbocycles. The molecular formula is C25H12Cl4O3. The smallest absolute Gasteiger partial charge is 0.340 e. The fourth-order valence-corrected chi connectivity index (χ4v) is 5.22. The molecule has 0 amide bonds. The molecule has 0 aliphatic carbocycles. The van der Waals surface area contributed by atoms with E-state index in [1.54, 1.807) is 6.07 Å². The fourth-order valence-electron chi connectivity index (χ4n) is 4.21. The predicted molar refractivity (Wildman–Crippen MR) is 131 cm³/mol. The number of esters is 1. The van der Waals surface area contributed by atoms with Crippen LogP contribution in [-0.4, -0.2) is 18.9 Å². The molecule has 0 fully saturated rings. The van der Waals surface area contributed by atoms with Gasteiger partial charge in [0.25, 0.3) is 0 Å². The number of rotatable bonds is 3. The zero-order valence-electron chi connectivity index (χ0n) is 16.4. The van der Waals surface area contributed by atoms with Crippen molar-refractivity contribution in [3.8, 4) is 0 Å². The quantitative estimate of drug-likeness (QED) is 0.0821. The molecule has 0 aromatic heterocycles. The van der Waals surface area contributed by atoms with E-state index < -0.39 is 11.8 Å². The van der Waals surface area contributed by atoms with Gasteiger partial charge in [-0.3, -0.25) is 4.79 Å². The molecule has 5 aromatic rings. The number of methoxy groups -OCH3 is 1. The van der Waals surface area contributed by atoms with Crippen molar-refractivity contribution in [2.24, 2.45) is 0 Å². The molecule has 32 heavy (non-hydrogen) atoms. The maximum Gasteiger partial charge on any atom is 0.340 e. The van der Waals surface area contributed by atoms with Crippen LogP contribution in [0.3, 0.4) is 0 Å². The maximum absolute atomic E-state index is 13.8. The first-order valence-electron chi connectivity index (χ1n) is 9.50. The number of ketones is 1. The molecule has 7 heteroatoms. The first-order chi connectivity index (χ1) is 15.3. The maximum atomic E-state index is 13.8. The molecule has 158 valence electrons. The van der Waals surface area contributed by atoms with E-state index in [0.717, 1.165) is 32.3 Å². The van der Waals surface area contributed by atoms with Crippen LogP contribution in [0.2, 0.25) is 20.1 Å². The number of hydrogen-bond acceptors (Lipinski definition) is 3. The van der Waals surface area contributed by atoms with E-state index in [-0.39, 0.29) is 31.2 Å². The molecule has 0 atom stereocenters. The highest BCUT2D eigenvalue weighted by Crippen LogP contribution is 2.44. The molecule has 0 N–H and O–H groups in total. The van der Waals surface area contributed by atoms with Gasteiger partial charge in [0.2, 0.25) is 0 Å². The Bertz CT molecular complexity index is 1570. The Morgan fingerprint density at radius 1 is 0.656 bits per heavy atom. The van der Waals surface area contributed by atoms with E-state index in [9.17, 15) is 9.59 Å². The molecule has 0 saturated heterocycles. The van der Waals surface area contributed by atoms with Gasteiger partial charge >= 0.3 is 5.97 Å². The summed E-state index contributed by atoms with van der Waals surface area (Å²) in [6.45, 7) is 0. The lowest BCUT2D eigenvalue weighted by Gasteiger charge is -2.17. The van der Waals surface area contributed by atoms with E-state index >= 15 is 0 Å². The number of hydrogen-bond donors (Lipinski definition) is 0. The molecule has 0 unspecified atom stereocenters. The van der Waals surface area contributed by atoms with Crippen molar-refractivity contribution in [1.29, 1.82) is 0 Å². The summed E-state index contributed by atoms with van der Waals surface area (Å²) in [6.07, 6.45) is 0. The number of ether oxygens (including phenoxy) is 1. The van der Waals surface area contributed by atoms with Crippen molar-refractivity contribution < 1.29 is 14.3 Å². The van der Waals surface area contributed by atoms with E-state index in [2.05, 4.69) is 6.07 Å². The highest BCUT2D eigenvalue weighted by molar-refractivity contribution is 6.54. The zero-order valence-corrected chi connectivity index (χ0v) is 19.5. The van der Waals surface area contributed by atoms with Crippen molar-refractivity contribution in [3.63, 3.8) is 0 Å². The normalized spacial score (nSPS) is 11.5. The van der Waals surface area contributed by atoms with Crippen molar-refractivity contribution >= 4 is 90.5 Å². The molecule has 0 spiro atoms. The van der Waals surface area contributed by atoms with Crippen molar-refractivity contribution in [2.45, 2.75) is 0 Å². The molecule has 0 radical (unpaired) electrons. The van der Waals surface area contributed by atoms with Crippen LogP contribution in [0.15, 0.2) is 54.6 Å². The van der Waals surface area contributed by atoms with Gasteiger partial charge in [0.1, 0.15) is 0 Å². The van der Waals surface area contributed by atoms with Crippen molar-refractivity contribution in [2.75, 3.05) is 7.11 Å². The third-order valence-corrected chi connectivity index (χ3v) is 7.46. The van der Waals surface area contributed by atoms with Gasteiger partial charge in [-0.2, -0.15) is 0 Å². The number of carbonyl (C=O) groups excluding carboxylic acids is 2. The summed E-state index contributed by atoms with van der Waals surface area (Å²) < 4.78 is 4.84. The lowest BCUT2D eigenvalue weighted by molar-refractivity contribution is 0.0597. The van der Waals surface area contributed by atoms with Crippen molar-refractivity contribution in [3.05, 3.63) is 91.4 Å². The van der Waals surface area contributed by atoms with Gasteiger partial charge in [-0.05, 0) is 38.4 Å². The van der Waals surface area contributed by atoms with Crippen LogP contribution >= 0.6 is 46.4 Å². The molecule has 3 nitrogen and oxygen atoms in total. The minimum Gasteiger partial charge on any atom is -0.465 e. The summed E-state index contributed by atoms with van der Waals surface area (Å²) in [4.78, 5) is 26.3. The standard InChI is InChI=1S/C25H12Cl4O3/c1-32-25(31)19-18(20(26)22(28)23(29)21(19)27)24(30)15-10-8-13-6-5-11-3-2-4-12-7-9-14(15)17(13)16(11)12/h2-10H,1H3. The minimum absolute atomic E-state index is 0.105. The van der Waals surface area contributed by atoms with Crippen molar-refractivity contribution in [1.82, 2.24) is 0 Å². The molecule has 0 heterocycles. The van der Waals surface area contributed by atoms with Gasteiger partial charge in [-0.1, -0.05) is 94.9 Å². The van der Waals surface area contributed by atoms with Gasteiger partial charge in [0.05, 0.1) is 38.3 Å². The summed E-state index contributed by atoms with van der Waals surface area (Å²) in [5.74, 6) is -1.34. The Morgan fingerprint density at radius 3 is 1.81 bits per heavy atom. The summed E-state index contributed by atoms with van der Waals surface area (Å²) >= 11 is 25.1. The highest BCUT2D eigenvalue weighted by atomic mass is 35.5. The van der Waals surface area contributed by atoms with Crippen LogP contribution in [0.5, 0.6) is 0 Å².